The fraction of sp³-hybridized carbons (Fsp3) is 0.520. The molecule has 0 aromatic heterocycles. The lowest BCUT2D eigenvalue weighted by atomic mass is 9.91. The minimum Gasteiger partial charge on any atom is -0.497 e. The van der Waals surface area contributed by atoms with Gasteiger partial charge in [-0.25, -0.2) is 8.42 Å². The zero-order valence-corrected chi connectivity index (χ0v) is 20.8. The predicted molar refractivity (Wildman–Crippen MR) is 131 cm³/mol. The molecule has 0 saturated carbocycles. The summed E-state index contributed by atoms with van der Waals surface area (Å²) in [5, 5.41) is 0. The van der Waals surface area contributed by atoms with Crippen molar-refractivity contribution < 1.29 is 17.9 Å². The third kappa shape index (κ3) is 4.27. The number of benzene rings is 2. The average Bonchev–Trinajstić information content (AvgIpc) is 3.09. The third-order valence-electron chi connectivity index (χ3n) is 6.84. The van der Waals surface area contributed by atoms with Crippen molar-refractivity contribution in [3.8, 4) is 11.5 Å². The lowest BCUT2D eigenvalue weighted by molar-refractivity contribution is 0.140. The number of anilines is 2. The van der Waals surface area contributed by atoms with Crippen LogP contribution in [0.1, 0.15) is 29.2 Å². The summed E-state index contributed by atoms with van der Waals surface area (Å²) < 4.78 is 35.5. The summed E-state index contributed by atoms with van der Waals surface area (Å²) in [6, 6.07) is 8.25. The Labute approximate surface area is 192 Å². The normalized spacial score (nSPS) is 20.8. The van der Waals surface area contributed by atoms with Gasteiger partial charge in [-0.2, -0.15) is 0 Å². The van der Waals surface area contributed by atoms with Crippen molar-refractivity contribution in [2.24, 2.45) is 0 Å². The summed E-state index contributed by atoms with van der Waals surface area (Å²) in [5.41, 5.74) is 6.52. The van der Waals surface area contributed by atoms with Crippen molar-refractivity contribution in [2.45, 2.75) is 39.7 Å². The Bertz CT molecular complexity index is 1120. The van der Waals surface area contributed by atoms with Crippen molar-refractivity contribution in [1.29, 1.82) is 0 Å². The highest BCUT2D eigenvalue weighted by atomic mass is 32.2. The molecule has 1 unspecified atom stereocenters. The number of rotatable bonds is 5. The highest BCUT2D eigenvalue weighted by Gasteiger charge is 2.41. The SMILES string of the molecule is COc1ccc(N2CCN(c3c(C)c(C)c4c(c3C)CC(C)(CS(C)(=O)=O)O4)CC2)cc1. The van der Waals surface area contributed by atoms with Gasteiger partial charge in [0.25, 0.3) is 0 Å². The molecule has 1 fully saturated rings. The van der Waals surface area contributed by atoms with Crippen LogP contribution in [0.2, 0.25) is 0 Å². The van der Waals surface area contributed by atoms with Gasteiger partial charge in [0.05, 0.1) is 12.9 Å². The predicted octanol–water partition coefficient (Wildman–Crippen LogP) is 3.69. The molecule has 0 amide bonds. The molecule has 0 radical (unpaired) electrons. The fourth-order valence-corrected chi connectivity index (χ4v) is 6.54. The van der Waals surface area contributed by atoms with Crippen LogP contribution in [0.4, 0.5) is 11.4 Å². The van der Waals surface area contributed by atoms with Gasteiger partial charge in [-0.1, -0.05) is 0 Å². The van der Waals surface area contributed by atoms with E-state index in [0.717, 1.165) is 48.8 Å². The van der Waals surface area contributed by atoms with Crippen LogP contribution in [-0.4, -0.2) is 59.3 Å². The molecule has 2 aliphatic rings. The standard InChI is InChI=1S/C25H34N2O4S/c1-17-18(2)24-22(15-25(4,31-24)16-32(6,28)29)19(3)23(17)27-13-11-26(12-14-27)20-7-9-21(30-5)10-8-20/h7-10H,11-16H2,1-6H3. The van der Waals surface area contributed by atoms with Gasteiger partial charge in [-0.15, -0.1) is 0 Å². The van der Waals surface area contributed by atoms with E-state index in [4.69, 9.17) is 9.47 Å². The summed E-state index contributed by atoms with van der Waals surface area (Å²) in [5.74, 6) is 1.78. The van der Waals surface area contributed by atoms with Gasteiger partial charge >= 0.3 is 0 Å². The van der Waals surface area contributed by atoms with Crippen molar-refractivity contribution in [3.05, 3.63) is 46.5 Å². The molecule has 4 rings (SSSR count). The minimum atomic E-state index is -3.14. The van der Waals surface area contributed by atoms with Gasteiger partial charge < -0.3 is 19.3 Å². The van der Waals surface area contributed by atoms with Crippen LogP contribution in [0.25, 0.3) is 0 Å². The molecule has 32 heavy (non-hydrogen) atoms. The molecule has 2 aliphatic heterocycles. The molecule has 1 atom stereocenters. The zero-order chi connectivity index (χ0) is 23.3. The number of nitrogens with zero attached hydrogens (tertiary/aromatic N) is 2. The van der Waals surface area contributed by atoms with Crippen molar-refractivity contribution in [3.63, 3.8) is 0 Å². The van der Waals surface area contributed by atoms with Crippen molar-refractivity contribution in [2.75, 3.05) is 55.1 Å². The molecular weight excluding hydrogens is 424 g/mol. The third-order valence-corrected chi connectivity index (χ3v) is 7.98. The van der Waals surface area contributed by atoms with Gasteiger partial charge in [0, 0.05) is 55.8 Å². The molecular formula is C25H34N2O4S. The highest BCUT2D eigenvalue weighted by Crippen LogP contribution is 2.46. The molecule has 0 aliphatic carbocycles. The molecule has 2 aromatic rings. The molecule has 6 nitrogen and oxygen atoms in total. The topological polar surface area (TPSA) is 59.1 Å². The maximum Gasteiger partial charge on any atom is 0.151 e. The first-order valence-electron chi connectivity index (χ1n) is 11.1. The van der Waals surface area contributed by atoms with Crippen LogP contribution in [0, 0.1) is 20.8 Å². The van der Waals surface area contributed by atoms with Gasteiger partial charge in [0.2, 0.25) is 0 Å². The molecule has 0 bridgehead atoms. The zero-order valence-electron chi connectivity index (χ0n) is 20.0. The van der Waals surface area contributed by atoms with E-state index in [2.05, 4.69) is 42.7 Å². The van der Waals surface area contributed by atoms with Crippen molar-refractivity contribution >= 4 is 21.2 Å². The van der Waals surface area contributed by atoms with Gasteiger partial charge in [-0.05, 0) is 68.7 Å². The second-order valence-corrected chi connectivity index (χ2v) is 11.6. The van der Waals surface area contributed by atoms with Gasteiger partial charge in [0.1, 0.15) is 17.1 Å². The summed E-state index contributed by atoms with van der Waals surface area (Å²) in [6.45, 7) is 12.1. The van der Waals surface area contributed by atoms with E-state index in [0.29, 0.717) is 6.42 Å². The first-order chi connectivity index (χ1) is 15.0. The van der Waals surface area contributed by atoms with E-state index < -0.39 is 15.4 Å². The van der Waals surface area contributed by atoms with Crippen LogP contribution in [0.3, 0.4) is 0 Å². The van der Waals surface area contributed by atoms with Crippen molar-refractivity contribution in [1.82, 2.24) is 0 Å². The average molecular weight is 459 g/mol. The Morgan fingerprint density at radius 3 is 2.12 bits per heavy atom. The molecule has 1 saturated heterocycles. The first-order valence-corrected chi connectivity index (χ1v) is 13.2. The number of hydrogen-bond acceptors (Lipinski definition) is 6. The molecule has 2 heterocycles. The number of piperazine rings is 1. The largest absolute Gasteiger partial charge is 0.497 e. The van der Waals surface area contributed by atoms with Crippen LogP contribution >= 0.6 is 0 Å². The minimum absolute atomic E-state index is 0.0302. The number of methoxy groups -OCH3 is 1. The Kier molecular flexibility index (Phi) is 5.82. The first kappa shape index (κ1) is 22.8. The monoisotopic (exact) mass is 458 g/mol. The lowest BCUT2D eigenvalue weighted by Crippen LogP contribution is -2.47. The number of fused-ring (bicyclic) bond motifs is 1. The highest BCUT2D eigenvalue weighted by molar-refractivity contribution is 7.90. The summed E-state index contributed by atoms with van der Waals surface area (Å²) in [4.78, 5) is 4.89. The second kappa shape index (κ2) is 8.18. The Balaban J connectivity index is 1.57. The van der Waals surface area contributed by atoms with E-state index in [1.165, 1.54) is 28.8 Å². The summed E-state index contributed by atoms with van der Waals surface area (Å²) in [6.07, 6.45) is 1.91. The summed E-state index contributed by atoms with van der Waals surface area (Å²) in [7, 11) is -1.45. The molecule has 0 N–H and O–H groups in total. The van der Waals surface area contributed by atoms with Crippen LogP contribution in [-0.2, 0) is 16.3 Å². The number of hydrogen-bond donors (Lipinski definition) is 0. The molecule has 174 valence electrons. The number of ether oxygens (including phenoxy) is 2. The van der Waals surface area contributed by atoms with E-state index in [1.807, 2.05) is 19.1 Å². The Hall–Kier alpha value is -2.41. The smallest absolute Gasteiger partial charge is 0.151 e. The maximum absolute atomic E-state index is 12.0. The van der Waals surface area contributed by atoms with E-state index in [1.54, 1.807) is 7.11 Å². The van der Waals surface area contributed by atoms with E-state index in [-0.39, 0.29) is 5.75 Å². The molecule has 2 aromatic carbocycles. The fourth-order valence-electron chi connectivity index (χ4n) is 5.27. The van der Waals surface area contributed by atoms with Crippen LogP contribution < -0.4 is 19.3 Å². The van der Waals surface area contributed by atoms with E-state index >= 15 is 0 Å². The summed E-state index contributed by atoms with van der Waals surface area (Å²) >= 11 is 0. The van der Waals surface area contributed by atoms with E-state index in [9.17, 15) is 8.42 Å². The lowest BCUT2D eigenvalue weighted by Gasteiger charge is -2.39. The quantitative estimate of drug-likeness (QED) is 0.681. The molecule has 0 spiro atoms. The Morgan fingerprint density at radius 2 is 1.56 bits per heavy atom. The molecule has 7 heteroatoms. The maximum atomic E-state index is 12.0. The van der Waals surface area contributed by atoms with Crippen LogP contribution in [0.15, 0.2) is 24.3 Å². The second-order valence-electron chi connectivity index (χ2n) is 9.50. The van der Waals surface area contributed by atoms with Gasteiger partial charge in [0.15, 0.2) is 9.84 Å². The van der Waals surface area contributed by atoms with Crippen LogP contribution in [0.5, 0.6) is 11.5 Å². The van der Waals surface area contributed by atoms with Gasteiger partial charge in [-0.3, -0.25) is 0 Å². The number of sulfone groups is 1. The Morgan fingerprint density at radius 1 is 0.969 bits per heavy atom.